The molecule has 0 aliphatic carbocycles. The van der Waals surface area contributed by atoms with Crippen molar-refractivity contribution in [2.24, 2.45) is 5.73 Å². The molecule has 1 rings (SSSR count). The van der Waals surface area contributed by atoms with Crippen LogP contribution in [0.15, 0.2) is 23.1 Å². The third kappa shape index (κ3) is 3.29. The normalized spacial score (nSPS) is 12.9. The monoisotopic (exact) mass is 215 g/mol. The standard InChI is InChI=1S/C10H14FNOS/c1-7(6-13)14-10-3-8(5-12)2-9(11)4-10/h2-4,7,13H,5-6,12H2,1H3. The van der Waals surface area contributed by atoms with Gasteiger partial charge < -0.3 is 10.8 Å². The lowest BCUT2D eigenvalue weighted by atomic mass is 10.2. The maximum absolute atomic E-state index is 13.0. The number of benzene rings is 1. The first-order valence-electron chi connectivity index (χ1n) is 4.42. The lowest BCUT2D eigenvalue weighted by Crippen LogP contribution is -2.02. The maximum Gasteiger partial charge on any atom is 0.124 e. The van der Waals surface area contributed by atoms with Crippen LogP contribution in [0.25, 0.3) is 0 Å². The summed E-state index contributed by atoms with van der Waals surface area (Å²) >= 11 is 1.44. The molecule has 0 aliphatic heterocycles. The smallest absolute Gasteiger partial charge is 0.124 e. The van der Waals surface area contributed by atoms with Gasteiger partial charge >= 0.3 is 0 Å². The molecule has 0 spiro atoms. The Kier molecular flexibility index (Phi) is 4.38. The minimum atomic E-state index is -0.277. The Labute approximate surface area is 87.3 Å². The zero-order valence-corrected chi connectivity index (χ0v) is 8.85. The van der Waals surface area contributed by atoms with E-state index in [0.29, 0.717) is 6.54 Å². The fourth-order valence-corrected chi connectivity index (χ4v) is 2.02. The van der Waals surface area contributed by atoms with Crippen LogP contribution in [0.2, 0.25) is 0 Å². The average molecular weight is 215 g/mol. The second-order valence-corrected chi connectivity index (χ2v) is 4.62. The number of rotatable bonds is 4. The van der Waals surface area contributed by atoms with E-state index in [1.54, 1.807) is 0 Å². The quantitative estimate of drug-likeness (QED) is 0.752. The van der Waals surface area contributed by atoms with E-state index in [9.17, 15) is 4.39 Å². The number of hydrogen-bond acceptors (Lipinski definition) is 3. The van der Waals surface area contributed by atoms with Gasteiger partial charge in [-0.1, -0.05) is 6.92 Å². The molecule has 0 fully saturated rings. The van der Waals surface area contributed by atoms with Gasteiger partial charge in [-0.15, -0.1) is 11.8 Å². The van der Waals surface area contributed by atoms with E-state index in [1.165, 1.54) is 23.9 Å². The van der Waals surface area contributed by atoms with Gasteiger partial charge in [-0.25, -0.2) is 4.39 Å². The molecule has 1 atom stereocenters. The first kappa shape index (κ1) is 11.5. The van der Waals surface area contributed by atoms with Gasteiger partial charge in [-0.2, -0.15) is 0 Å². The van der Waals surface area contributed by atoms with Crippen molar-refractivity contribution in [3.8, 4) is 0 Å². The summed E-state index contributed by atoms with van der Waals surface area (Å²) in [5.74, 6) is -0.277. The van der Waals surface area contributed by atoms with E-state index in [1.807, 2.05) is 13.0 Å². The summed E-state index contributed by atoms with van der Waals surface area (Å²) in [7, 11) is 0. The molecule has 78 valence electrons. The fraction of sp³-hybridized carbons (Fsp3) is 0.400. The molecule has 0 saturated heterocycles. The van der Waals surface area contributed by atoms with E-state index in [4.69, 9.17) is 10.8 Å². The first-order valence-corrected chi connectivity index (χ1v) is 5.30. The predicted octanol–water partition coefficient (Wildman–Crippen LogP) is 1.76. The lowest BCUT2D eigenvalue weighted by Gasteiger charge is -2.08. The molecule has 1 unspecified atom stereocenters. The van der Waals surface area contributed by atoms with Crippen LogP contribution in [0.4, 0.5) is 4.39 Å². The van der Waals surface area contributed by atoms with Crippen LogP contribution in [0, 0.1) is 5.82 Å². The molecule has 0 aliphatic rings. The molecular weight excluding hydrogens is 201 g/mol. The predicted molar refractivity (Wildman–Crippen MR) is 56.7 cm³/mol. The Balaban J connectivity index is 2.81. The van der Waals surface area contributed by atoms with Crippen LogP contribution < -0.4 is 5.73 Å². The Bertz CT molecular complexity index is 306. The zero-order chi connectivity index (χ0) is 10.6. The fourth-order valence-electron chi connectivity index (χ4n) is 1.08. The number of nitrogens with two attached hydrogens (primary N) is 1. The van der Waals surface area contributed by atoms with Crippen molar-refractivity contribution in [1.29, 1.82) is 0 Å². The van der Waals surface area contributed by atoms with Gasteiger partial charge in [0, 0.05) is 16.7 Å². The molecular formula is C10H14FNOS. The van der Waals surface area contributed by atoms with E-state index in [2.05, 4.69) is 0 Å². The maximum atomic E-state index is 13.0. The van der Waals surface area contributed by atoms with E-state index >= 15 is 0 Å². The van der Waals surface area contributed by atoms with Crippen LogP contribution in [0.1, 0.15) is 12.5 Å². The summed E-state index contributed by atoms with van der Waals surface area (Å²) in [6, 6.07) is 4.73. The molecule has 2 nitrogen and oxygen atoms in total. The Hall–Kier alpha value is -0.580. The molecule has 0 heterocycles. The van der Waals surface area contributed by atoms with Crippen LogP contribution in [0.5, 0.6) is 0 Å². The summed E-state index contributed by atoms with van der Waals surface area (Å²) < 4.78 is 13.0. The lowest BCUT2D eigenvalue weighted by molar-refractivity contribution is 0.300. The molecule has 4 heteroatoms. The van der Waals surface area contributed by atoms with Crippen LogP contribution in [-0.4, -0.2) is 17.0 Å². The molecule has 0 aromatic heterocycles. The van der Waals surface area contributed by atoms with E-state index in [0.717, 1.165) is 10.5 Å². The molecule has 0 amide bonds. The van der Waals surface area contributed by atoms with Gasteiger partial charge in [0.15, 0.2) is 0 Å². The SMILES string of the molecule is CC(CO)Sc1cc(F)cc(CN)c1. The third-order valence-corrected chi connectivity index (χ3v) is 2.82. The van der Waals surface area contributed by atoms with Gasteiger partial charge in [0.05, 0.1) is 6.61 Å². The van der Waals surface area contributed by atoms with Crippen molar-refractivity contribution in [2.75, 3.05) is 6.61 Å². The summed E-state index contributed by atoms with van der Waals surface area (Å²) in [5, 5.41) is 8.92. The highest BCUT2D eigenvalue weighted by Crippen LogP contribution is 2.24. The number of aliphatic hydroxyl groups excluding tert-OH is 1. The van der Waals surface area contributed by atoms with E-state index in [-0.39, 0.29) is 17.7 Å². The number of thioether (sulfide) groups is 1. The van der Waals surface area contributed by atoms with Crippen LogP contribution in [-0.2, 0) is 6.54 Å². The number of halogens is 1. The van der Waals surface area contributed by atoms with Crippen molar-refractivity contribution in [3.63, 3.8) is 0 Å². The molecule has 0 saturated carbocycles. The Morgan fingerprint density at radius 2 is 2.21 bits per heavy atom. The van der Waals surface area contributed by atoms with Gasteiger partial charge in [0.2, 0.25) is 0 Å². The highest BCUT2D eigenvalue weighted by atomic mass is 32.2. The zero-order valence-electron chi connectivity index (χ0n) is 8.03. The summed E-state index contributed by atoms with van der Waals surface area (Å²) in [6.07, 6.45) is 0. The molecule has 14 heavy (non-hydrogen) atoms. The second-order valence-electron chi connectivity index (χ2n) is 3.11. The average Bonchev–Trinajstić information content (AvgIpc) is 2.16. The van der Waals surface area contributed by atoms with Gasteiger partial charge in [0.1, 0.15) is 5.82 Å². The topological polar surface area (TPSA) is 46.2 Å². The van der Waals surface area contributed by atoms with Crippen molar-refractivity contribution < 1.29 is 9.50 Å². The number of hydrogen-bond donors (Lipinski definition) is 2. The summed E-state index contributed by atoms with van der Waals surface area (Å²) in [6.45, 7) is 2.30. The van der Waals surface area contributed by atoms with Crippen LogP contribution >= 0.6 is 11.8 Å². The molecule has 1 aromatic rings. The minimum absolute atomic E-state index is 0.0717. The third-order valence-electron chi connectivity index (χ3n) is 1.76. The van der Waals surface area contributed by atoms with Crippen molar-refractivity contribution in [1.82, 2.24) is 0 Å². The minimum Gasteiger partial charge on any atom is -0.395 e. The van der Waals surface area contributed by atoms with Crippen molar-refractivity contribution in [3.05, 3.63) is 29.6 Å². The van der Waals surface area contributed by atoms with Crippen molar-refractivity contribution >= 4 is 11.8 Å². The molecule has 0 bridgehead atoms. The Morgan fingerprint density at radius 1 is 1.50 bits per heavy atom. The summed E-state index contributed by atoms with van der Waals surface area (Å²) in [4.78, 5) is 0.812. The highest BCUT2D eigenvalue weighted by Gasteiger charge is 2.05. The van der Waals surface area contributed by atoms with E-state index < -0.39 is 0 Å². The number of aliphatic hydroxyl groups is 1. The summed E-state index contributed by atoms with van der Waals surface area (Å²) in [5.41, 5.74) is 6.20. The molecule has 1 aromatic carbocycles. The molecule has 0 radical (unpaired) electrons. The Morgan fingerprint density at radius 3 is 2.79 bits per heavy atom. The van der Waals surface area contributed by atoms with Gasteiger partial charge in [-0.3, -0.25) is 0 Å². The molecule has 3 N–H and O–H groups in total. The van der Waals surface area contributed by atoms with Gasteiger partial charge in [-0.05, 0) is 23.8 Å². The highest BCUT2D eigenvalue weighted by molar-refractivity contribution is 8.00. The second kappa shape index (κ2) is 5.34. The largest absolute Gasteiger partial charge is 0.395 e. The van der Waals surface area contributed by atoms with Crippen molar-refractivity contribution in [2.45, 2.75) is 23.6 Å². The van der Waals surface area contributed by atoms with Gasteiger partial charge in [0.25, 0.3) is 0 Å². The first-order chi connectivity index (χ1) is 6.65. The van der Waals surface area contributed by atoms with Crippen LogP contribution in [0.3, 0.4) is 0 Å².